The number of nitrogens with one attached hydrogen (secondary N) is 2. The summed E-state index contributed by atoms with van der Waals surface area (Å²) in [7, 11) is 1.43. The fraction of sp³-hybridized carbons (Fsp3) is 0.355. The van der Waals surface area contributed by atoms with E-state index in [0.717, 1.165) is 13.0 Å². The van der Waals surface area contributed by atoms with Crippen molar-refractivity contribution in [1.82, 2.24) is 39.4 Å². The number of alkyl halides is 3. The van der Waals surface area contributed by atoms with Crippen LogP contribution in [0.1, 0.15) is 38.7 Å². The highest BCUT2D eigenvalue weighted by molar-refractivity contribution is 6.34. The lowest BCUT2D eigenvalue weighted by Crippen LogP contribution is -2.52. The number of carbonyl (C=O) groups is 3. The molecule has 2 aliphatic heterocycles. The van der Waals surface area contributed by atoms with Gasteiger partial charge >= 0.3 is 6.18 Å². The van der Waals surface area contributed by atoms with Crippen molar-refractivity contribution < 1.29 is 27.6 Å². The zero-order valence-corrected chi connectivity index (χ0v) is 26.1. The highest BCUT2D eigenvalue weighted by Gasteiger charge is 2.39. The number of hydrogen-bond donors (Lipinski definition) is 2. The molecule has 2 aliphatic rings. The van der Waals surface area contributed by atoms with Crippen LogP contribution in [0.2, 0.25) is 5.02 Å². The molecule has 2 N–H and O–H groups in total. The highest BCUT2D eigenvalue weighted by Crippen LogP contribution is 2.36. The van der Waals surface area contributed by atoms with Crippen LogP contribution < -0.4 is 10.6 Å². The summed E-state index contributed by atoms with van der Waals surface area (Å²) >= 11 is 6.46. The van der Waals surface area contributed by atoms with Gasteiger partial charge in [0.05, 0.1) is 40.5 Å². The fourth-order valence-electron chi connectivity index (χ4n) is 5.83. The Kier molecular flexibility index (Phi) is 9.01. The quantitative estimate of drug-likeness (QED) is 0.308. The molecule has 0 unspecified atom stereocenters. The van der Waals surface area contributed by atoms with E-state index < -0.39 is 17.8 Å². The van der Waals surface area contributed by atoms with Crippen molar-refractivity contribution in [2.45, 2.75) is 19.1 Å². The van der Waals surface area contributed by atoms with E-state index in [9.17, 15) is 27.6 Å². The minimum atomic E-state index is -4.75. The molecule has 4 aromatic rings. The van der Waals surface area contributed by atoms with Crippen LogP contribution in [0, 0.1) is 5.92 Å². The monoisotopic (exact) mass is 669 g/mol. The molecule has 16 heteroatoms. The maximum absolute atomic E-state index is 14.0. The molecule has 2 saturated heterocycles. The predicted octanol–water partition coefficient (Wildman–Crippen LogP) is 3.55. The van der Waals surface area contributed by atoms with Gasteiger partial charge in [-0.1, -0.05) is 17.7 Å². The van der Waals surface area contributed by atoms with Gasteiger partial charge in [0.15, 0.2) is 11.5 Å². The zero-order chi connectivity index (χ0) is 33.3. The molecule has 5 heterocycles. The second-order valence-electron chi connectivity index (χ2n) is 11.4. The average Bonchev–Trinajstić information content (AvgIpc) is 3.81. The summed E-state index contributed by atoms with van der Waals surface area (Å²) in [5.41, 5.74) is -0.128. The summed E-state index contributed by atoms with van der Waals surface area (Å²) in [4.78, 5) is 50.6. The van der Waals surface area contributed by atoms with Gasteiger partial charge in [-0.2, -0.15) is 18.3 Å². The predicted molar refractivity (Wildman–Crippen MR) is 166 cm³/mol. The van der Waals surface area contributed by atoms with Crippen LogP contribution in [0.3, 0.4) is 0 Å². The number of amides is 3. The summed E-state index contributed by atoms with van der Waals surface area (Å²) < 4.78 is 44.3. The van der Waals surface area contributed by atoms with Crippen molar-refractivity contribution in [3.63, 3.8) is 0 Å². The number of benzene rings is 1. The highest BCUT2D eigenvalue weighted by atomic mass is 35.5. The first-order valence-corrected chi connectivity index (χ1v) is 15.3. The SMILES string of the molecule is Cn1c(-c2cn(Cc3cccnc3)nc2C(F)(F)F)cnc1C(=O)Nc1ccc(C(=O)N2CCN(C(=O)[C@H]3CCNC3)CC2)c(Cl)c1. The number of anilines is 1. The van der Waals surface area contributed by atoms with Gasteiger partial charge in [0.25, 0.3) is 11.8 Å². The van der Waals surface area contributed by atoms with Crippen molar-refractivity contribution in [2.24, 2.45) is 13.0 Å². The minimum Gasteiger partial charge on any atom is -0.339 e. The number of imidazole rings is 1. The number of hydrogen-bond acceptors (Lipinski definition) is 7. The molecule has 12 nitrogen and oxygen atoms in total. The first-order valence-electron chi connectivity index (χ1n) is 14.9. The molecule has 246 valence electrons. The number of piperazine rings is 1. The molecule has 0 saturated carbocycles. The lowest BCUT2D eigenvalue weighted by Gasteiger charge is -2.36. The van der Waals surface area contributed by atoms with Crippen molar-refractivity contribution in [3.05, 3.63) is 82.8 Å². The molecule has 2 fully saturated rings. The van der Waals surface area contributed by atoms with E-state index >= 15 is 0 Å². The molecule has 0 bridgehead atoms. The Morgan fingerprint density at radius 2 is 1.85 bits per heavy atom. The second-order valence-corrected chi connectivity index (χ2v) is 11.8. The summed E-state index contributed by atoms with van der Waals surface area (Å²) in [6, 6.07) is 7.84. The molecular weight excluding hydrogens is 639 g/mol. The van der Waals surface area contributed by atoms with E-state index in [2.05, 4.69) is 25.7 Å². The fourth-order valence-corrected chi connectivity index (χ4v) is 6.09. The summed E-state index contributed by atoms with van der Waals surface area (Å²) in [5, 5.41) is 9.72. The van der Waals surface area contributed by atoms with Gasteiger partial charge in [-0.3, -0.25) is 24.0 Å². The molecule has 0 radical (unpaired) electrons. The Morgan fingerprint density at radius 1 is 1.09 bits per heavy atom. The van der Waals surface area contributed by atoms with Gasteiger partial charge < -0.3 is 25.0 Å². The summed E-state index contributed by atoms with van der Waals surface area (Å²) in [5.74, 6) is -1.04. The largest absolute Gasteiger partial charge is 0.435 e. The van der Waals surface area contributed by atoms with E-state index in [1.807, 2.05) is 0 Å². The standard InChI is InChI=1S/C31H31ClF3N9O3/c1-41-25(23-18-44(40-26(23)31(33,34)35)17-19-3-2-7-36-14-19)16-38-27(41)28(45)39-21-4-5-22(24(32)13-21)30(47)43-11-9-42(10-12-43)29(46)20-6-8-37-15-20/h2-5,7,13-14,16,18,20,37H,6,8-12,15,17H2,1H3,(H,39,45)/t20-/m0/s1. The topological polar surface area (TPSA) is 130 Å². The maximum Gasteiger partial charge on any atom is 0.435 e. The van der Waals surface area contributed by atoms with Crippen LogP contribution in [-0.2, 0) is 24.6 Å². The second kappa shape index (κ2) is 13.2. The normalized spacial score (nSPS) is 16.8. The van der Waals surface area contributed by atoms with E-state index in [-0.39, 0.29) is 57.6 Å². The first-order chi connectivity index (χ1) is 22.5. The lowest BCUT2D eigenvalue weighted by molar-refractivity contribution is -0.141. The van der Waals surface area contributed by atoms with Crippen LogP contribution in [0.5, 0.6) is 0 Å². The number of nitrogens with zero attached hydrogens (tertiary/aromatic N) is 7. The zero-order valence-electron chi connectivity index (χ0n) is 25.3. The van der Waals surface area contributed by atoms with Crippen LogP contribution in [0.15, 0.2) is 55.1 Å². The molecular formula is C31H31ClF3N9O3. The summed E-state index contributed by atoms with van der Waals surface area (Å²) in [6.07, 6.45) is 1.60. The van der Waals surface area contributed by atoms with Gasteiger partial charge in [-0.15, -0.1) is 0 Å². The molecule has 3 amide bonds. The molecule has 47 heavy (non-hydrogen) atoms. The van der Waals surface area contributed by atoms with E-state index in [0.29, 0.717) is 38.3 Å². The van der Waals surface area contributed by atoms with Crippen LogP contribution in [-0.4, -0.2) is 91.1 Å². The van der Waals surface area contributed by atoms with Crippen molar-refractivity contribution >= 4 is 35.0 Å². The number of halogens is 4. The van der Waals surface area contributed by atoms with Gasteiger partial charge in [0.1, 0.15) is 0 Å². The van der Waals surface area contributed by atoms with Crippen LogP contribution >= 0.6 is 11.6 Å². The Balaban J connectivity index is 1.13. The van der Waals surface area contributed by atoms with Gasteiger partial charge in [-0.05, 0) is 42.8 Å². The molecule has 0 aliphatic carbocycles. The minimum absolute atomic E-state index is 0.0222. The lowest BCUT2D eigenvalue weighted by atomic mass is 10.1. The first kappa shape index (κ1) is 32.2. The van der Waals surface area contributed by atoms with Gasteiger partial charge in [0, 0.05) is 64.0 Å². The molecule has 1 atom stereocenters. The van der Waals surface area contributed by atoms with Crippen molar-refractivity contribution in [1.29, 1.82) is 0 Å². The number of pyridine rings is 1. The molecule has 1 aromatic carbocycles. The van der Waals surface area contributed by atoms with E-state index in [1.54, 1.807) is 28.1 Å². The third kappa shape index (κ3) is 6.86. The number of aromatic nitrogens is 5. The molecule has 6 rings (SSSR count). The van der Waals surface area contributed by atoms with Gasteiger partial charge in [-0.25, -0.2) is 4.98 Å². The van der Waals surface area contributed by atoms with Crippen LogP contribution in [0.4, 0.5) is 18.9 Å². The Labute approximate surface area is 272 Å². The molecule has 0 spiro atoms. The Morgan fingerprint density at radius 3 is 2.51 bits per heavy atom. The van der Waals surface area contributed by atoms with Crippen LogP contribution in [0.25, 0.3) is 11.3 Å². The average molecular weight is 670 g/mol. The van der Waals surface area contributed by atoms with Gasteiger partial charge in [0.2, 0.25) is 5.91 Å². The third-order valence-corrected chi connectivity index (χ3v) is 8.62. The van der Waals surface area contributed by atoms with Crippen molar-refractivity contribution in [2.75, 3.05) is 44.6 Å². The van der Waals surface area contributed by atoms with E-state index in [1.165, 1.54) is 53.1 Å². The Bertz CT molecular complexity index is 1790. The smallest absolute Gasteiger partial charge is 0.339 e. The third-order valence-electron chi connectivity index (χ3n) is 8.31. The summed E-state index contributed by atoms with van der Waals surface area (Å²) in [6.45, 7) is 3.20. The van der Waals surface area contributed by atoms with E-state index in [4.69, 9.17) is 11.6 Å². The number of rotatable bonds is 7. The Hall–Kier alpha value is -4.76. The van der Waals surface area contributed by atoms with Crippen molar-refractivity contribution in [3.8, 4) is 11.3 Å². The molecule has 3 aromatic heterocycles. The number of carbonyl (C=O) groups excluding carboxylic acids is 3. The maximum atomic E-state index is 14.0.